The van der Waals surface area contributed by atoms with E-state index in [-0.39, 0.29) is 10.9 Å². The molecule has 5 nitrogen and oxygen atoms in total. The number of thioether (sulfide) groups is 1. The molecular formula is C11H19N3O2S2. The molecule has 1 heterocycles. The molecule has 0 radical (unpaired) electrons. The summed E-state index contributed by atoms with van der Waals surface area (Å²) in [5.74, 6) is 1.12. The third kappa shape index (κ3) is 4.15. The predicted octanol–water partition coefficient (Wildman–Crippen LogP) is 1.54. The van der Waals surface area contributed by atoms with Gasteiger partial charge in [-0.15, -0.1) is 0 Å². The summed E-state index contributed by atoms with van der Waals surface area (Å²) in [6.45, 7) is 4.37. The zero-order chi connectivity index (χ0) is 13.6. The van der Waals surface area contributed by atoms with E-state index in [1.807, 2.05) is 20.1 Å². The van der Waals surface area contributed by atoms with Crippen LogP contribution in [0.25, 0.3) is 0 Å². The van der Waals surface area contributed by atoms with E-state index in [1.165, 1.54) is 0 Å². The maximum atomic E-state index is 12.2. The second-order valence-electron chi connectivity index (χ2n) is 3.86. The van der Waals surface area contributed by atoms with E-state index in [1.54, 1.807) is 30.1 Å². The van der Waals surface area contributed by atoms with Crippen molar-refractivity contribution in [2.45, 2.75) is 24.8 Å². The van der Waals surface area contributed by atoms with E-state index in [0.29, 0.717) is 12.4 Å². The van der Waals surface area contributed by atoms with Crippen LogP contribution in [0.1, 0.15) is 13.8 Å². The van der Waals surface area contributed by atoms with Crippen LogP contribution >= 0.6 is 11.8 Å². The van der Waals surface area contributed by atoms with Gasteiger partial charge in [0.25, 0.3) is 0 Å². The number of hydrogen-bond acceptors (Lipinski definition) is 5. The number of hydrogen-bond donors (Lipinski definition) is 2. The van der Waals surface area contributed by atoms with Gasteiger partial charge in [-0.05, 0) is 32.2 Å². The second-order valence-corrected chi connectivity index (χ2v) is 6.45. The maximum absolute atomic E-state index is 12.2. The van der Waals surface area contributed by atoms with E-state index < -0.39 is 10.0 Å². The topological polar surface area (TPSA) is 71.1 Å². The Hall–Kier alpha value is -0.790. The number of nitrogens with zero attached hydrogens (tertiary/aromatic N) is 1. The summed E-state index contributed by atoms with van der Waals surface area (Å²) in [6.07, 6.45) is 3.52. The van der Waals surface area contributed by atoms with Gasteiger partial charge in [-0.2, -0.15) is 11.8 Å². The monoisotopic (exact) mass is 289 g/mol. The van der Waals surface area contributed by atoms with Crippen molar-refractivity contribution in [3.63, 3.8) is 0 Å². The molecule has 0 saturated carbocycles. The Bertz CT molecular complexity index is 477. The smallest absolute Gasteiger partial charge is 0.244 e. The Labute approximate surface area is 113 Å². The molecule has 1 rings (SSSR count). The number of sulfonamides is 1. The summed E-state index contributed by atoms with van der Waals surface area (Å²) < 4.78 is 27.1. The molecule has 0 aliphatic heterocycles. The molecule has 0 aliphatic carbocycles. The van der Waals surface area contributed by atoms with Gasteiger partial charge in [0.15, 0.2) is 0 Å². The summed E-state index contributed by atoms with van der Waals surface area (Å²) in [5.41, 5.74) is 0. The SMILES string of the molecule is CCNc1ncccc1S(=O)(=O)NC(C)CSC. The van der Waals surface area contributed by atoms with Crippen LogP contribution in [0.4, 0.5) is 5.82 Å². The maximum Gasteiger partial charge on any atom is 0.244 e. The first-order valence-corrected chi connectivity index (χ1v) is 8.59. The first kappa shape index (κ1) is 15.3. The van der Waals surface area contributed by atoms with E-state index >= 15 is 0 Å². The standard InChI is InChI=1S/C11H19N3O2S2/c1-4-12-11-10(6-5-7-13-11)18(15,16)14-9(2)8-17-3/h5-7,9,14H,4,8H2,1-3H3,(H,12,13). The largest absolute Gasteiger partial charge is 0.369 e. The fraction of sp³-hybridized carbons (Fsp3) is 0.545. The van der Waals surface area contributed by atoms with Gasteiger partial charge in [-0.1, -0.05) is 0 Å². The van der Waals surface area contributed by atoms with Crippen molar-refractivity contribution in [3.05, 3.63) is 18.3 Å². The minimum absolute atomic E-state index is 0.111. The zero-order valence-electron chi connectivity index (χ0n) is 10.8. The van der Waals surface area contributed by atoms with Gasteiger partial charge in [0, 0.05) is 24.5 Å². The van der Waals surface area contributed by atoms with Gasteiger partial charge in [0.1, 0.15) is 10.7 Å². The molecule has 0 spiro atoms. The third-order valence-electron chi connectivity index (χ3n) is 2.18. The molecule has 1 aromatic heterocycles. The van der Waals surface area contributed by atoms with E-state index in [4.69, 9.17) is 0 Å². The summed E-state index contributed by atoms with van der Waals surface area (Å²) in [5, 5.41) is 2.95. The first-order valence-electron chi connectivity index (χ1n) is 5.71. The molecule has 0 aromatic carbocycles. The van der Waals surface area contributed by atoms with Gasteiger partial charge in [0.2, 0.25) is 10.0 Å². The molecule has 0 fully saturated rings. The van der Waals surface area contributed by atoms with Crippen LogP contribution in [-0.4, -0.2) is 38.0 Å². The quantitative estimate of drug-likeness (QED) is 0.797. The molecule has 7 heteroatoms. The van der Waals surface area contributed by atoms with Crippen LogP contribution in [0.15, 0.2) is 23.2 Å². The number of anilines is 1. The lowest BCUT2D eigenvalue weighted by molar-refractivity contribution is 0.571. The van der Waals surface area contributed by atoms with Crippen LogP contribution in [0.5, 0.6) is 0 Å². The highest BCUT2D eigenvalue weighted by Crippen LogP contribution is 2.18. The van der Waals surface area contributed by atoms with Crippen LogP contribution < -0.4 is 10.0 Å². The fourth-order valence-corrected chi connectivity index (χ4v) is 3.59. The van der Waals surface area contributed by atoms with Gasteiger partial charge in [-0.3, -0.25) is 0 Å². The summed E-state index contributed by atoms with van der Waals surface area (Å²) in [4.78, 5) is 4.25. The van der Waals surface area contributed by atoms with Crippen molar-refractivity contribution in [2.24, 2.45) is 0 Å². The molecule has 0 saturated heterocycles. The Kier molecular flexibility index (Phi) is 5.90. The van der Waals surface area contributed by atoms with Gasteiger partial charge in [-0.25, -0.2) is 18.1 Å². The second kappa shape index (κ2) is 6.96. The lowest BCUT2D eigenvalue weighted by Gasteiger charge is -2.15. The Morgan fingerprint density at radius 2 is 2.22 bits per heavy atom. The van der Waals surface area contributed by atoms with Crippen molar-refractivity contribution < 1.29 is 8.42 Å². The summed E-state index contributed by atoms with van der Waals surface area (Å²) in [7, 11) is -3.52. The predicted molar refractivity (Wildman–Crippen MR) is 76.6 cm³/mol. The molecule has 18 heavy (non-hydrogen) atoms. The van der Waals surface area contributed by atoms with E-state index in [0.717, 1.165) is 5.75 Å². The number of nitrogens with one attached hydrogen (secondary N) is 2. The van der Waals surface area contributed by atoms with Crippen molar-refractivity contribution in [1.82, 2.24) is 9.71 Å². The molecular weight excluding hydrogens is 270 g/mol. The Morgan fingerprint density at radius 3 is 2.83 bits per heavy atom. The number of rotatable bonds is 7. The van der Waals surface area contributed by atoms with Crippen molar-refractivity contribution >= 4 is 27.6 Å². The lowest BCUT2D eigenvalue weighted by Crippen LogP contribution is -2.34. The fourth-order valence-electron chi connectivity index (χ4n) is 1.52. The minimum Gasteiger partial charge on any atom is -0.369 e. The molecule has 0 bridgehead atoms. The van der Waals surface area contributed by atoms with Gasteiger partial charge in [0.05, 0.1) is 0 Å². The minimum atomic E-state index is -3.52. The normalized spacial score (nSPS) is 13.3. The average Bonchev–Trinajstić information content (AvgIpc) is 2.29. The molecule has 2 N–H and O–H groups in total. The molecule has 1 aromatic rings. The molecule has 0 aliphatic rings. The average molecular weight is 289 g/mol. The number of aromatic nitrogens is 1. The van der Waals surface area contributed by atoms with Crippen LogP contribution in [0, 0.1) is 0 Å². The van der Waals surface area contributed by atoms with Crippen molar-refractivity contribution in [2.75, 3.05) is 23.9 Å². The third-order valence-corrected chi connectivity index (χ3v) is 4.63. The highest BCUT2D eigenvalue weighted by atomic mass is 32.2. The highest BCUT2D eigenvalue weighted by Gasteiger charge is 2.21. The van der Waals surface area contributed by atoms with Crippen LogP contribution in [-0.2, 0) is 10.0 Å². The Balaban J connectivity index is 2.97. The van der Waals surface area contributed by atoms with Gasteiger partial charge >= 0.3 is 0 Å². The zero-order valence-corrected chi connectivity index (χ0v) is 12.4. The molecule has 1 atom stereocenters. The van der Waals surface area contributed by atoms with Crippen LogP contribution in [0.2, 0.25) is 0 Å². The van der Waals surface area contributed by atoms with Crippen LogP contribution in [0.3, 0.4) is 0 Å². The first-order chi connectivity index (χ1) is 8.51. The molecule has 1 unspecified atom stereocenters. The number of pyridine rings is 1. The Morgan fingerprint density at radius 1 is 1.50 bits per heavy atom. The lowest BCUT2D eigenvalue weighted by atomic mass is 10.4. The van der Waals surface area contributed by atoms with Gasteiger partial charge < -0.3 is 5.32 Å². The summed E-state index contributed by atoms with van der Waals surface area (Å²) >= 11 is 1.60. The molecule has 0 amide bonds. The van der Waals surface area contributed by atoms with Crippen molar-refractivity contribution in [3.8, 4) is 0 Å². The van der Waals surface area contributed by atoms with E-state index in [9.17, 15) is 8.42 Å². The summed E-state index contributed by atoms with van der Waals surface area (Å²) in [6, 6.07) is 3.06. The molecule has 102 valence electrons. The van der Waals surface area contributed by atoms with E-state index in [2.05, 4.69) is 15.0 Å². The highest BCUT2D eigenvalue weighted by molar-refractivity contribution is 7.98. The van der Waals surface area contributed by atoms with Crippen molar-refractivity contribution in [1.29, 1.82) is 0 Å².